The molecule has 0 aromatic carbocycles. The molecule has 0 amide bonds. The highest BCUT2D eigenvalue weighted by Crippen LogP contribution is 2.15. The van der Waals surface area contributed by atoms with Gasteiger partial charge in [-0.3, -0.25) is 14.4 Å². The van der Waals surface area contributed by atoms with Crippen molar-refractivity contribution in [3.63, 3.8) is 0 Å². The standard InChI is InChI=1S/C49H90O6/c1-4-7-10-13-16-19-21-23-24-25-26-28-30-33-36-39-42-48(51)54-45-46(44-53-47(50)41-38-35-32-29-18-15-12-9-6-3)55-49(52)43-40-37-34-31-27-22-20-17-14-11-8-5-2/h24-25,29,32,46H,4-23,26-28,30-31,33-45H2,1-3H3/b25-24-,32-29-. The number of hydrogen-bond acceptors (Lipinski definition) is 6. The van der Waals surface area contributed by atoms with Gasteiger partial charge in [-0.1, -0.05) is 193 Å². The molecule has 0 aliphatic carbocycles. The lowest BCUT2D eigenvalue weighted by Crippen LogP contribution is -2.30. The minimum atomic E-state index is -0.778. The summed E-state index contributed by atoms with van der Waals surface area (Å²) in [6.45, 7) is 6.57. The van der Waals surface area contributed by atoms with Crippen molar-refractivity contribution in [1.82, 2.24) is 0 Å². The number of hydrogen-bond donors (Lipinski definition) is 0. The van der Waals surface area contributed by atoms with Gasteiger partial charge in [-0.15, -0.1) is 0 Å². The fraction of sp³-hybridized carbons (Fsp3) is 0.857. The molecule has 0 saturated carbocycles. The Morgan fingerprint density at radius 2 is 0.618 bits per heavy atom. The highest BCUT2D eigenvalue weighted by molar-refractivity contribution is 5.71. The van der Waals surface area contributed by atoms with Crippen LogP contribution in [0.3, 0.4) is 0 Å². The van der Waals surface area contributed by atoms with E-state index in [1.54, 1.807) is 0 Å². The number of esters is 3. The summed E-state index contributed by atoms with van der Waals surface area (Å²) in [4.78, 5) is 37.7. The van der Waals surface area contributed by atoms with E-state index in [-0.39, 0.29) is 31.1 Å². The Labute approximate surface area is 341 Å². The number of carbonyl (C=O) groups excluding carboxylic acids is 3. The molecular formula is C49H90O6. The summed E-state index contributed by atoms with van der Waals surface area (Å²) >= 11 is 0. The Morgan fingerprint density at radius 3 is 1.00 bits per heavy atom. The zero-order valence-corrected chi connectivity index (χ0v) is 36.7. The highest BCUT2D eigenvalue weighted by Gasteiger charge is 2.19. The van der Waals surface area contributed by atoms with Crippen LogP contribution in [0.2, 0.25) is 0 Å². The van der Waals surface area contributed by atoms with Gasteiger partial charge in [0.2, 0.25) is 0 Å². The molecule has 0 radical (unpaired) electrons. The lowest BCUT2D eigenvalue weighted by molar-refractivity contribution is -0.167. The van der Waals surface area contributed by atoms with Crippen molar-refractivity contribution in [2.45, 2.75) is 258 Å². The molecule has 0 spiro atoms. The third kappa shape index (κ3) is 42.9. The summed E-state index contributed by atoms with van der Waals surface area (Å²) in [5.74, 6) is -0.919. The first-order valence-electron chi connectivity index (χ1n) is 23.8. The van der Waals surface area contributed by atoms with Crippen molar-refractivity contribution < 1.29 is 28.6 Å². The van der Waals surface area contributed by atoms with Gasteiger partial charge in [-0.2, -0.15) is 0 Å². The van der Waals surface area contributed by atoms with Gasteiger partial charge in [0, 0.05) is 19.3 Å². The first-order chi connectivity index (χ1) is 27.0. The summed E-state index contributed by atoms with van der Waals surface area (Å²) in [6, 6.07) is 0. The second-order valence-electron chi connectivity index (χ2n) is 16.0. The molecule has 6 heteroatoms. The van der Waals surface area contributed by atoms with Crippen LogP contribution in [-0.2, 0) is 28.6 Å². The van der Waals surface area contributed by atoms with Gasteiger partial charge in [-0.25, -0.2) is 0 Å². The molecule has 0 bridgehead atoms. The zero-order chi connectivity index (χ0) is 40.1. The lowest BCUT2D eigenvalue weighted by atomic mass is 10.0. The Morgan fingerprint density at radius 1 is 0.345 bits per heavy atom. The molecule has 0 heterocycles. The van der Waals surface area contributed by atoms with E-state index < -0.39 is 6.10 Å². The maximum atomic E-state index is 12.7. The summed E-state index contributed by atoms with van der Waals surface area (Å²) in [5, 5.41) is 0. The third-order valence-electron chi connectivity index (χ3n) is 10.4. The fourth-order valence-corrected chi connectivity index (χ4v) is 6.79. The van der Waals surface area contributed by atoms with Crippen LogP contribution in [0, 0.1) is 0 Å². The number of unbranched alkanes of at least 4 members (excludes halogenated alkanes) is 28. The summed E-state index contributed by atoms with van der Waals surface area (Å²) in [7, 11) is 0. The smallest absolute Gasteiger partial charge is 0.306 e. The Balaban J connectivity index is 4.33. The van der Waals surface area contributed by atoms with E-state index in [2.05, 4.69) is 45.1 Å². The maximum absolute atomic E-state index is 12.7. The quantitative estimate of drug-likeness (QED) is 0.0266. The van der Waals surface area contributed by atoms with Crippen LogP contribution in [0.1, 0.15) is 252 Å². The van der Waals surface area contributed by atoms with Crippen molar-refractivity contribution in [3.8, 4) is 0 Å². The van der Waals surface area contributed by atoms with E-state index in [1.807, 2.05) is 0 Å². The normalized spacial score (nSPS) is 12.1. The number of ether oxygens (including phenoxy) is 3. The fourth-order valence-electron chi connectivity index (χ4n) is 6.79. The van der Waals surface area contributed by atoms with Crippen LogP contribution < -0.4 is 0 Å². The Kier molecular flexibility index (Phi) is 42.9. The van der Waals surface area contributed by atoms with Gasteiger partial charge in [0.15, 0.2) is 6.10 Å². The molecule has 0 aromatic rings. The molecule has 0 fully saturated rings. The SMILES string of the molecule is CCCCCC/C=C\CCCC(=O)OCC(COC(=O)CCCCCCC/C=C\CCCCCCCCC)OC(=O)CCCCCCCCCCCCCC. The van der Waals surface area contributed by atoms with Crippen molar-refractivity contribution in [2.75, 3.05) is 13.2 Å². The Bertz CT molecular complexity index is 896. The van der Waals surface area contributed by atoms with Crippen LogP contribution in [0.5, 0.6) is 0 Å². The van der Waals surface area contributed by atoms with Gasteiger partial charge in [0.25, 0.3) is 0 Å². The molecule has 6 nitrogen and oxygen atoms in total. The minimum absolute atomic E-state index is 0.0811. The van der Waals surface area contributed by atoms with E-state index in [0.29, 0.717) is 19.3 Å². The second kappa shape index (κ2) is 44.6. The predicted molar refractivity (Wildman–Crippen MR) is 233 cm³/mol. The molecule has 1 atom stereocenters. The summed E-state index contributed by atoms with van der Waals surface area (Å²) < 4.78 is 16.7. The topological polar surface area (TPSA) is 78.9 Å². The van der Waals surface area contributed by atoms with E-state index in [0.717, 1.165) is 64.2 Å². The molecule has 1 unspecified atom stereocenters. The molecule has 0 aliphatic heterocycles. The average Bonchev–Trinajstić information content (AvgIpc) is 3.18. The molecule has 0 N–H and O–H groups in total. The van der Waals surface area contributed by atoms with Gasteiger partial charge in [0.05, 0.1) is 0 Å². The first-order valence-corrected chi connectivity index (χ1v) is 23.8. The summed E-state index contributed by atoms with van der Waals surface area (Å²) in [5.41, 5.74) is 0. The highest BCUT2D eigenvalue weighted by atomic mass is 16.6. The van der Waals surface area contributed by atoms with Crippen LogP contribution in [0.15, 0.2) is 24.3 Å². The van der Waals surface area contributed by atoms with Crippen LogP contribution in [0.25, 0.3) is 0 Å². The lowest BCUT2D eigenvalue weighted by Gasteiger charge is -2.18. The molecule has 0 aliphatic rings. The van der Waals surface area contributed by atoms with E-state index in [9.17, 15) is 14.4 Å². The second-order valence-corrected chi connectivity index (χ2v) is 16.0. The Hall–Kier alpha value is -2.11. The molecule has 55 heavy (non-hydrogen) atoms. The molecular weight excluding hydrogens is 685 g/mol. The number of rotatable bonds is 43. The predicted octanol–water partition coefficient (Wildman–Crippen LogP) is 15.2. The monoisotopic (exact) mass is 775 g/mol. The first kappa shape index (κ1) is 52.9. The minimum Gasteiger partial charge on any atom is -0.462 e. The van der Waals surface area contributed by atoms with E-state index in [4.69, 9.17) is 14.2 Å². The van der Waals surface area contributed by atoms with Crippen molar-refractivity contribution in [3.05, 3.63) is 24.3 Å². The van der Waals surface area contributed by atoms with Crippen LogP contribution in [-0.4, -0.2) is 37.2 Å². The van der Waals surface area contributed by atoms with Gasteiger partial charge in [-0.05, 0) is 64.2 Å². The number of allylic oxidation sites excluding steroid dienone is 4. The van der Waals surface area contributed by atoms with Crippen molar-refractivity contribution in [1.29, 1.82) is 0 Å². The maximum Gasteiger partial charge on any atom is 0.306 e. The number of carbonyl (C=O) groups is 3. The van der Waals surface area contributed by atoms with Gasteiger partial charge >= 0.3 is 17.9 Å². The molecule has 0 saturated heterocycles. The zero-order valence-electron chi connectivity index (χ0n) is 36.7. The van der Waals surface area contributed by atoms with Crippen LogP contribution in [0.4, 0.5) is 0 Å². The third-order valence-corrected chi connectivity index (χ3v) is 10.4. The molecule has 322 valence electrons. The largest absolute Gasteiger partial charge is 0.462 e. The molecule has 0 aromatic heterocycles. The van der Waals surface area contributed by atoms with Gasteiger partial charge < -0.3 is 14.2 Å². The summed E-state index contributed by atoms with van der Waals surface area (Å²) in [6.07, 6.45) is 48.8. The van der Waals surface area contributed by atoms with Gasteiger partial charge in [0.1, 0.15) is 13.2 Å². The van der Waals surface area contributed by atoms with Crippen molar-refractivity contribution in [2.24, 2.45) is 0 Å². The van der Waals surface area contributed by atoms with Crippen LogP contribution >= 0.6 is 0 Å². The van der Waals surface area contributed by atoms with Crippen molar-refractivity contribution >= 4 is 17.9 Å². The molecule has 0 rings (SSSR count). The average molecular weight is 775 g/mol. The van der Waals surface area contributed by atoms with E-state index >= 15 is 0 Å². The van der Waals surface area contributed by atoms with E-state index in [1.165, 1.54) is 148 Å².